The van der Waals surface area contributed by atoms with Crippen molar-refractivity contribution in [3.63, 3.8) is 0 Å². The Bertz CT molecular complexity index is 1060. The minimum absolute atomic E-state index is 0.126. The van der Waals surface area contributed by atoms with Gasteiger partial charge in [-0.05, 0) is 70.4 Å². The van der Waals surface area contributed by atoms with Crippen molar-refractivity contribution >= 4 is 16.1 Å². The maximum Gasteiger partial charge on any atom is 0.408 e. The molecule has 0 radical (unpaired) electrons. The van der Waals surface area contributed by atoms with Gasteiger partial charge in [0.25, 0.3) is 10.0 Å². The number of aliphatic hydroxyl groups is 1. The topological polar surface area (TPSA) is 124 Å². The van der Waals surface area contributed by atoms with E-state index in [9.17, 15) is 18.3 Å². The molecule has 2 N–H and O–H groups in total. The molecule has 3 atom stereocenters. The molecule has 11 heteroatoms. The largest absolute Gasteiger partial charge is 0.497 e. The predicted molar refractivity (Wildman–Crippen MR) is 133 cm³/mol. The van der Waals surface area contributed by atoms with Gasteiger partial charge in [-0.3, -0.25) is 4.84 Å². The lowest BCUT2D eigenvalue weighted by atomic mass is 10.1. The lowest BCUT2D eigenvalue weighted by Crippen LogP contribution is -2.50. The van der Waals surface area contributed by atoms with Gasteiger partial charge in [-0.2, -0.15) is 0 Å². The van der Waals surface area contributed by atoms with Crippen molar-refractivity contribution in [2.45, 2.75) is 76.4 Å². The van der Waals surface area contributed by atoms with Crippen LogP contribution in [0.4, 0.5) is 4.79 Å². The second-order valence-electron chi connectivity index (χ2n) is 9.14. The standard InChI is InChI=1S/C25H36N2O8S/c1-7-18(2)34-27(36(30,31)21-15-13-20(32-6)14-16-21)35-23(28)22(17-19-11-9-8-10-12-19)26-24(29)33-25(3,4)5/h8-16,18,22-23,28H,7,17H2,1-6H3,(H,26,29)/t18?,22-,23+/m0/s1. The molecule has 0 spiro atoms. The third-order valence-corrected chi connectivity index (χ3v) is 6.37. The van der Waals surface area contributed by atoms with E-state index < -0.39 is 40.2 Å². The number of aliphatic hydroxyl groups excluding tert-OH is 1. The van der Waals surface area contributed by atoms with E-state index in [0.717, 1.165) is 5.56 Å². The summed E-state index contributed by atoms with van der Waals surface area (Å²) in [5.41, 5.74) is -0.00929. The summed E-state index contributed by atoms with van der Waals surface area (Å²) < 4.78 is 37.3. The molecule has 2 aromatic rings. The molecule has 0 aliphatic heterocycles. The molecule has 0 saturated carbocycles. The van der Waals surface area contributed by atoms with Gasteiger partial charge in [-0.1, -0.05) is 37.3 Å². The smallest absolute Gasteiger partial charge is 0.408 e. The van der Waals surface area contributed by atoms with E-state index in [1.54, 1.807) is 52.0 Å². The van der Waals surface area contributed by atoms with Crippen molar-refractivity contribution in [2.24, 2.45) is 0 Å². The normalized spacial score (nSPS) is 14.7. The summed E-state index contributed by atoms with van der Waals surface area (Å²) in [5, 5.41) is 13.5. The van der Waals surface area contributed by atoms with Crippen LogP contribution in [0.1, 0.15) is 46.6 Å². The quantitative estimate of drug-likeness (QED) is 0.317. The fraction of sp³-hybridized carbons (Fsp3) is 0.480. The summed E-state index contributed by atoms with van der Waals surface area (Å²) in [6, 6.07) is 13.6. The molecule has 0 aromatic heterocycles. The Morgan fingerprint density at radius 2 is 1.67 bits per heavy atom. The molecule has 200 valence electrons. The zero-order valence-electron chi connectivity index (χ0n) is 21.5. The average molecular weight is 525 g/mol. The van der Waals surface area contributed by atoms with Crippen molar-refractivity contribution in [3.05, 3.63) is 60.2 Å². The van der Waals surface area contributed by atoms with Crippen LogP contribution in [0, 0.1) is 0 Å². The lowest BCUT2D eigenvalue weighted by molar-refractivity contribution is -0.373. The molecular weight excluding hydrogens is 488 g/mol. The number of carbonyl (C=O) groups is 1. The minimum Gasteiger partial charge on any atom is -0.497 e. The number of methoxy groups -OCH3 is 1. The molecule has 10 nitrogen and oxygen atoms in total. The number of benzene rings is 2. The first kappa shape index (κ1) is 29.5. The zero-order valence-corrected chi connectivity index (χ0v) is 22.3. The number of rotatable bonds is 12. The lowest BCUT2D eigenvalue weighted by Gasteiger charge is -2.30. The van der Waals surface area contributed by atoms with Crippen LogP contribution in [0.2, 0.25) is 0 Å². The summed E-state index contributed by atoms with van der Waals surface area (Å²) in [6.07, 6.45) is -2.57. The molecule has 0 aliphatic rings. The number of hydrogen-bond acceptors (Lipinski definition) is 8. The van der Waals surface area contributed by atoms with Crippen LogP contribution < -0.4 is 10.1 Å². The summed E-state index contributed by atoms with van der Waals surface area (Å²) in [5.74, 6) is 0.466. The van der Waals surface area contributed by atoms with Crippen molar-refractivity contribution in [3.8, 4) is 5.75 Å². The first-order valence-electron chi connectivity index (χ1n) is 11.6. The van der Waals surface area contributed by atoms with Crippen LogP contribution >= 0.6 is 0 Å². The molecule has 2 aromatic carbocycles. The van der Waals surface area contributed by atoms with Crippen molar-refractivity contribution in [1.29, 1.82) is 0 Å². The molecule has 36 heavy (non-hydrogen) atoms. The van der Waals surface area contributed by atoms with Crippen LogP contribution in [0.5, 0.6) is 5.75 Å². The number of hydrogen-bond donors (Lipinski definition) is 2. The van der Waals surface area contributed by atoms with Gasteiger partial charge in [0, 0.05) is 0 Å². The van der Waals surface area contributed by atoms with Gasteiger partial charge >= 0.3 is 6.09 Å². The number of amides is 1. The fourth-order valence-electron chi connectivity index (χ4n) is 2.91. The van der Waals surface area contributed by atoms with Gasteiger partial charge in [-0.25, -0.2) is 18.0 Å². The molecular formula is C25H36N2O8S. The van der Waals surface area contributed by atoms with Crippen LogP contribution in [0.25, 0.3) is 0 Å². The van der Waals surface area contributed by atoms with E-state index >= 15 is 0 Å². The fourth-order valence-corrected chi connectivity index (χ4v) is 4.02. The number of carbonyl (C=O) groups excluding carboxylic acids is 1. The highest BCUT2D eigenvalue weighted by Gasteiger charge is 2.35. The Morgan fingerprint density at radius 3 is 2.19 bits per heavy atom. The minimum atomic E-state index is -4.36. The second-order valence-corrected chi connectivity index (χ2v) is 10.9. The van der Waals surface area contributed by atoms with E-state index in [1.807, 2.05) is 13.0 Å². The number of ether oxygens (including phenoxy) is 2. The summed E-state index contributed by atoms with van der Waals surface area (Å²) in [6.45, 7) is 8.58. The Hall–Kier alpha value is -2.70. The van der Waals surface area contributed by atoms with E-state index in [2.05, 4.69) is 5.32 Å². The van der Waals surface area contributed by atoms with Crippen molar-refractivity contribution in [1.82, 2.24) is 9.95 Å². The third kappa shape index (κ3) is 9.07. The number of alkyl carbamates (subject to hydrolysis) is 1. The number of nitrogens with one attached hydrogen (secondary N) is 1. The van der Waals surface area contributed by atoms with Crippen molar-refractivity contribution in [2.75, 3.05) is 7.11 Å². The highest BCUT2D eigenvalue weighted by atomic mass is 32.2. The van der Waals surface area contributed by atoms with E-state index in [-0.39, 0.29) is 11.3 Å². The van der Waals surface area contributed by atoms with E-state index in [0.29, 0.717) is 16.8 Å². The van der Waals surface area contributed by atoms with Gasteiger partial charge in [0.1, 0.15) is 11.4 Å². The summed E-state index contributed by atoms with van der Waals surface area (Å²) >= 11 is 0. The van der Waals surface area contributed by atoms with Crippen LogP contribution in [0.15, 0.2) is 59.5 Å². The molecule has 0 aliphatic carbocycles. The van der Waals surface area contributed by atoms with Gasteiger partial charge < -0.3 is 19.9 Å². The molecule has 0 fully saturated rings. The monoisotopic (exact) mass is 524 g/mol. The molecule has 1 unspecified atom stereocenters. The van der Waals surface area contributed by atoms with E-state index in [4.69, 9.17) is 19.1 Å². The molecule has 0 bridgehead atoms. The van der Waals surface area contributed by atoms with Gasteiger partial charge in [0.15, 0.2) is 6.29 Å². The Morgan fingerprint density at radius 1 is 1.06 bits per heavy atom. The summed E-state index contributed by atoms with van der Waals surface area (Å²) in [4.78, 5) is 23.3. The first-order chi connectivity index (χ1) is 16.9. The number of sulfonamides is 1. The summed E-state index contributed by atoms with van der Waals surface area (Å²) in [7, 11) is -2.90. The Labute approximate surface area is 213 Å². The highest BCUT2D eigenvalue weighted by molar-refractivity contribution is 7.88. The maximum atomic E-state index is 13.3. The van der Waals surface area contributed by atoms with Crippen molar-refractivity contribution < 1.29 is 37.5 Å². The molecule has 0 saturated heterocycles. The van der Waals surface area contributed by atoms with Crippen LogP contribution in [-0.2, 0) is 30.9 Å². The second kappa shape index (κ2) is 13.0. The van der Waals surface area contributed by atoms with Gasteiger partial charge in [0.05, 0.1) is 28.8 Å². The SMILES string of the molecule is CCC(C)ON(O[C@@H](O)[C@H](Cc1ccccc1)NC(=O)OC(C)(C)C)S(=O)(=O)c1ccc(OC)cc1. The van der Waals surface area contributed by atoms with Crippen LogP contribution in [-0.4, -0.2) is 55.4 Å². The molecule has 1 amide bonds. The first-order valence-corrected chi connectivity index (χ1v) is 13.0. The highest BCUT2D eigenvalue weighted by Crippen LogP contribution is 2.23. The Kier molecular flexibility index (Phi) is 10.7. The molecule has 2 rings (SSSR count). The van der Waals surface area contributed by atoms with Gasteiger partial charge in [0.2, 0.25) is 0 Å². The third-order valence-electron chi connectivity index (χ3n) is 4.93. The Balaban J connectivity index is 2.33. The predicted octanol–water partition coefficient (Wildman–Crippen LogP) is 3.80. The zero-order chi connectivity index (χ0) is 26.9. The number of nitrogens with zero attached hydrogens (tertiary/aromatic N) is 1. The van der Waals surface area contributed by atoms with Crippen LogP contribution in [0.3, 0.4) is 0 Å². The van der Waals surface area contributed by atoms with E-state index in [1.165, 1.54) is 31.4 Å². The average Bonchev–Trinajstić information content (AvgIpc) is 2.82. The maximum absolute atomic E-state index is 13.3. The van der Waals surface area contributed by atoms with Gasteiger partial charge in [-0.15, -0.1) is 0 Å². The molecule has 0 heterocycles.